The Morgan fingerprint density at radius 2 is 1.71 bits per heavy atom. The molecule has 0 spiro atoms. The average Bonchev–Trinajstić information content (AvgIpc) is 2.80. The predicted molar refractivity (Wildman–Crippen MR) is 117 cm³/mol. The first-order valence-electron chi connectivity index (χ1n) is 10.0. The highest BCUT2D eigenvalue weighted by Gasteiger charge is 2.20. The van der Waals surface area contributed by atoms with Gasteiger partial charge in [0.15, 0.2) is 11.5 Å². The number of benzene rings is 2. The molecule has 0 aliphatic carbocycles. The summed E-state index contributed by atoms with van der Waals surface area (Å²) in [6.07, 6.45) is 3.10. The van der Waals surface area contributed by atoms with Gasteiger partial charge in [0.2, 0.25) is 0 Å². The zero-order chi connectivity index (χ0) is 21.8. The summed E-state index contributed by atoms with van der Waals surface area (Å²) in [4.78, 5) is 29.6. The van der Waals surface area contributed by atoms with Crippen LogP contribution in [0.1, 0.15) is 44.8 Å². The number of carbonyl (C=O) groups is 2. The Morgan fingerprint density at radius 1 is 0.968 bits per heavy atom. The van der Waals surface area contributed by atoms with Crippen molar-refractivity contribution < 1.29 is 19.1 Å². The molecule has 1 aliphatic heterocycles. The van der Waals surface area contributed by atoms with Gasteiger partial charge in [0.05, 0.1) is 17.3 Å². The second kappa shape index (κ2) is 8.87. The van der Waals surface area contributed by atoms with Crippen LogP contribution in [0.4, 0.5) is 5.69 Å². The van der Waals surface area contributed by atoms with E-state index in [-0.39, 0.29) is 17.9 Å². The minimum atomic E-state index is -0.300. The number of para-hydroxylation sites is 1. The van der Waals surface area contributed by atoms with E-state index in [1.807, 2.05) is 38.1 Å². The summed E-state index contributed by atoms with van der Waals surface area (Å²) in [5.41, 5.74) is 3.03. The molecular weight excluding hydrogens is 394 g/mol. The molecule has 0 bridgehead atoms. The monoisotopic (exact) mass is 417 g/mol. The lowest BCUT2D eigenvalue weighted by Gasteiger charge is -2.21. The lowest BCUT2D eigenvalue weighted by Crippen LogP contribution is -2.28. The third kappa shape index (κ3) is 4.50. The van der Waals surface area contributed by atoms with E-state index in [1.54, 1.807) is 36.7 Å². The molecule has 3 aromatic rings. The highest BCUT2D eigenvalue weighted by atomic mass is 16.6. The normalized spacial score (nSPS) is 13.2. The third-order valence-electron chi connectivity index (χ3n) is 5.11. The molecule has 0 saturated carbocycles. The SMILES string of the molecule is Cc1cccc(C(=O)NC(C)c2ccc3c(c2)OCCO3)c1NC(=O)c1ccncc1. The zero-order valence-electron chi connectivity index (χ0n) is 17.3. The van der Waals surface area contributed by atoms with Crippen molar-refractivity contribution in [3.63, 3.8) is 0 Å². The summed E-state index contributed by atoms with van der Waals surface area (Å²) in [7, 11) is 0. The van der Waals surface area contributed by atoms with Crippen LogP contribution in [0.5, 0.6) is 11.5 Å². The molecular formula is C24H23N3O4. The number of fused-ring (bicyclic) bond motifs is 1. The topological polar surface area (TPSA) is 89.5 Å². The first kappa shape index (κ1) is 20.4. The van der Waals surface area contributed by atoms with Crippen LogP contribution >= 0.6 is 0 Å². The van der Waals surface area contributed by atoms with Gasteiger partial charge in [-0.25, -0.2) is 0 Å². The largest absolute Gasteiger partial charge is 0.486 e. The van der Waals surface area contributed by atoms with Gasteiger partial charge in [-0.15, -0.1) is 0 Å². The van der Waals surface area contributed by atoms with Crippen molar-refractivity contribution in [2.75, 3.05) is 18.5 Å². The number of hydrogen-bond donors (Lipinski definition) is 2. The maximum absolute atomic E-state index is 13.1. The minimum absolute atomic E-state index is 0.271. The number of carbonyl (C=O) groups excluding carboxylic acids is 2. The molecule has 0 radical (unpaired) electrons. The molecule has 0 saturated heterocycles. The lowest BCUT2D eigenvalue weighted by atomic mass is 10.0. The Morgan fingerprint density at radius 3 is 2.48 bits per heavy atom. The van der Waals surface area contributed by atoms with E-state index in [1.165, 1.54) is 0 Å². The fraction of sp³-hybridized carbons (Fsp3) is 0.208. The van der Waals surface area contributed by atoms with E-state index < -0.39 is 0 Å². The predicted octanol–water partition coefficient (Wildman–Crippen LogP) is 3.90. The Labute approximate surface area is 180 Å². The number of aromatic nitrogens is 1. The Hall–Kier alpha value is -3.87. The van der Waals surface area contributed by atoms with Crippen molar-refractivity contribution in [2.45, 2.75) is 19.9 Å². The quantitative estimate of drug-likeness (QED) is 0.657. The van der Waals surface area contributed by atoms with Crippen LogP contribution in [0.15, 0.2) is 60.9 Å². The molecule has 2 amide bonds. The molecule has 2 aromatic carbocycles. The number of anilines is 1. The number of aryl methyl sites for hydroxylation is 1. The standard InChI is InChI=1S/C24H23N3O4/c1-15-4-3-5-19(22(15)27-23(28)17-8-10-25-11-9-17)24(29)26-16(2)18-6-7-20-21(14-18)31-13-12-30-20/h3-11,14,16H,12-13H2,1-2H3,(H,26,29)(H,27,28). The summed E-state index contributed by atoms with van der Waals surface area (Å²) in [6.45, 7) is 4.78. The van der Waals surface area contributed by atoms with Crippen LogP contribution < -0.4 is 20.1 Å². The maximum Gasteiger partial charge on any atom is 0.255 e. The van der Waals surface area contributed by atoms with Crippen LogP contribution in [-0.4, -0.2) is 30.0 Å². The lowest BCUT2D eigenvalue weighted by molar-refractivity contribution is 0.0940. The summed E-state index contributed by atoms with van der Waals surface area (Å²) < 4.78 is 11.2. The number of rotatable bonds is 5. The molecule has 0 fully saturated rings. The van der Waals surface area contributed by atoms with Gasteiger partial charge in [-0.2, -0.15) is 0 Å². The van der Waals surface area contributed by atoms with Crippen molar-refractivity contribution in [1.29, 1.82) is 0 Å². The number of nitrogens with zero attached hydrogens (tertiary/aromatic N) is 1. The average molecular weight is 417 g/mol. The van der Waals surface area contributed by atoms with E-state index in [2.05, 4.69) is 15.6 Å². The molecule has 2 heterocycles. The summed E-state index contributed by atoms with van der Waals surface area (Å²) in [6, 6.07) is 13.9. The van der Waals surface area contributed by atoms with Gasteiger partial charge >= 0.3 is 0 Å². The van der Waals surface area contributed by atoms with E-state index >= 15 is 0 Å². The number of pyridine rings is 1. The van der Waals surface area contributed by atoms with Crippen LogP contribution in [0, 0.1) is 6.92 Å². The van der Waals surface area contributed by atoms with Crippen LogP contribution in [0.3, 0.4) is 0 Å². The molecule has 1 aromatic heterocycles. The van der Waals surface area contributed by atoms with E-state index in [9.17, 15) is 9.59 Å². The minimum Gasteiger partial charge on any atom is -0.486 e. The van der Waals surface area contributed by atoms with Crippen molar-refractivity contribution in [2.24, 2.45) is 0 Å². The summed E-state index contributed by atoms with van der Waals surface area (Å²) in [5, 5.41) is 5.87. The smallest absolute Gasteiger partial charge is 0.255 e. The molecule has 7 heteroatoms. The first-order valence-corrected chi connectivity index (χ1v) is 10.0. The Kier molecular flexibility index (Phi) is 5.84. The van der Waals surface area contributed by atoms with Crippen LogP contribution in [-0.2, 0) is 0 Å². The van der Waals surface area contributed by atoms with E-state index in [4.69, 9.17) is 9.47 Å². The van der Waals surface area contributed by atoms with E-state index in [0.29, 0.717) is 41.5 Å². The Bertz CT molecular complexity index is 1120. The van der Waals surface area contributed by atoms with Crippen molar-refractivity contribution in [3.8, 4) is 11.5 Å². The van der Waals surface area contributed by atoms with Gasteiger partial charge in [-0.1, -0.05) is 18.2 Å². The molecule has 1 atom stereocenters. The van der Waals surface area contributed by atoms with E-state index in [0.717, 1.165) is 11.1 Å². The molecule has 7 nitrogen and oxygen atoms in total. The van der Waals surface area contributed by atoms with Crippen LogP contribution in [0.2, 0.25) is 0 Å². The zero-order valence-corrected chi connectivity index (χ0v) is 17.3. The number of amides is 2. The molecule has 31 heavy (non-hydrogen) atoms. The van der Waals surface area contributed by atoms with Crippen molar-refractivity contribution >= 4 is 17.5 Å². The molecule has 2 N–H and O–H groups in total. The van der Waals surface area contributed by atoms with Gasteiger partial charge < -0.3 is 20.1 Å². The number of nitrogens with one attached hydrogen (secondary N) is 2. The van der Waals surface area contributed by atoms with Crippen molar-refractivity contribution in [3.05, 3.63) is 83.2 Å². The second-order valence-corrected chi connectivity index (χ2v) is 7.29. The van der Waals surface area contributed by atoms with Gasteiger partial charge in [-0.3, -0.25) is 14.6 Å². The Balaban J connectivity index is 1.53. The van der Waals surface area contributed by atoms with Gasteiger partial charge in [-0.05, 0) is 55.3 Å². The fourth-order valence-electron chi connectivity index (χ4n) is 3.40. The highest BCUT2D eigenvalue weighted by Crippen LogP contribution is 2.32. The summed E-state index contributed by atoms with van der Waals surface area (Å²) in [5.74, 6) is 0.792. The molecule has 1 unspecified atom stereocenters. The molecule has 1 aliphatic rings. The number of hydrogen-bond acceptors (Lipinski definition) is 5. The van der Waals surface area contributed by atoms with Gasteiger partial charge in [0, 0.05) is 18.0 Å². The molecule has 158 valence electrons. The second-order valence-electron chi connectivity index (χ2n) is 7.29. The maximum atomic E-state index is 13.1. The first-order chi connectivity index (χ1) is 15.0. The third-order valence-corrected chi connectivity index (χ3v) is 5.11. The summed E-state index contributed by atoms with van der Waals surface area (Å²) >= 11 is 0. The van der Waals surface area contributed by atoms with Crippen molar-refractivity contribution in [1.82, 2.24) is 10.3 Å². The van der Waals surface area contributed by atoms with Gasteiger partial charge in [0.1, 0.15) is 13.2 Å². The highest BCUT2D eigenvalue weighted by molar-refractivity contribution is 6.09. The number of ether oxygens (including phenoxy) is 2. The van der Waals surface area contributed by atoms with Gasteiger partial charge in [0.25, 0.3) is 11.8 Å². The van der Waals surface area contributed by atoms with Crippen LogP contribution in [0.25, 0.3) is 0 Å². The molecule has 4 rings (SSSR count). The fourth-order valence-corrected chi connectivity index (χ4v) is 3.40.